The molecule has 1 fully saturated rings. The fraction of sp³-hybridized carbons (Fsp3) is 0.353. The van der Waals surface area contributed by atoms with Crippen molar-refractivity contribution >= 4 is 17.5 Å². The van der Waals surface area contributed by atoms with Gasteiger partial charge in [0, 0.05) is 32.0 Å². The van der Waals surface area contributed by atoms with Gasteiger partial charge in [0.05, 0.1) is 24.6 Å². The molecule has 3 rings (SSSR count). The molecule has 1 saturated heterocycles. The van der Waals surface area contributed by atoms with Crippen LogP contribution in [0.5, 0.6) is 0 Å². The molecule has 2 aromatic rings. The lowest BCUT2D eigenvalue weighted by Gasteiger charge is -2.32. The van der Waals surface area contributed by atoms with Gasteiger partial charge in [0.15, 0.2) is 0 Å². The summed E-state index contributed by atoms with van der Waals surface area (Å²) in [5, 5.41) is 5.53. The Morgan fingerprint density at radius 1 is 1.38 bits per heavy atom. The van der Waals surface area contributed by atoms with Crippen LogP contribution in [0.15, 0.2) is 42.9 Å². The number of ether oxygens (including phenoxy) is 1. The van der Waals surface area contributed by atoms with Gasteiger partial charge in [-0.2, -0.15) is 0 Å². The van der Waals surface area contributed by atoms with E-state index in [4.69, 9.17) is 4.74 Å². The zero-order valence-corrected chi connectivity index (χ0v) is 13.6. The van der Waals surface area contributed by atoms with Gasteiger partial charge < -0.3 is 20.3 Å². The Balaban J connectivity index is 1.50. The summed E-state index contributed by atoms with van der Waals surface area (Å²) in [6, 6.07) is 7.24. The third-order valence-electron chi connectivity index (χ3n) is 3.75. The van der Waals surface area contributed by atoms with E-state index in [-0.39, 0.29) is 12.1 Å². The van der Waals surface area contributed by atoms with Gasteiger partial charge in [0.2, 0.25) is 0 Å². The predicted octanol–water partition coefficient (Wildman–Crippen LogP) is 2.02. The number of nitrogens with one attached hydrogen (secondary N) is 2. The fourth-order valence-electron chi connectivity index (χ4n) is 2.53. The van der Waals surface area contributed by atoms with E-state index >= 15 is 0 Å². The van der Waals surface area contributed by atoms with Crippen molar-refractivity contribution in [3.63, 3.8) is 0 Å². The van der Waals surface area contributed by atoms with Crippen molar-refractivity contribution in [2.24, 2.45) is 0 Å². The molecule has 3 heterocycles. The monoisotopic (exact) mass is 327 g/mol. The van der Waals surface area contributed by atoms with Gasteiger partial charge in [-0.05, 0) is 30.7 Å². The van der Waals surface area contributed by atoms with Gasteiger partial charge in [0.25, 0.3) is 0 Å². The van der Waals surface area contributed by atoms with Gasteiger partial charge in [-0.15, -0.1) is 0 Å². The highest BCUT2D eigenvalue weighted by Crippen LogP contribution is 2.15. The van der Waals surface area contributed by atoms with Gasteiger partial charge in [0.1, 0.15) is 5.82 Å². The summed E-state index contributed by atoms with van der Waals surface area (Å²) in [5.41, 5.74) is 1.60. The smallest absolute Gasteiger partial charge is 0.319 e. The normalized spacial score (nSPS) is 17.4. The quantitative estimate of drug-likeness (QED) is 0.898. The highest BCUT2D eigenvalue weighted by Gasteiger charge is 2.17. The molecular formula is C17H21N5O2. The van der Waals surface area contributed by atoms with Crippen LogP contribution in [0, 0.1) is 0 Å². The SMILES string of the molecule is CC1CN(c2ccc(CNC(=O)Nc3cccnc3)cn2)CCO1. The first-order valence-electron chi connectivity index (χ1n) is 7.97. The summed E-state index contributed by atoms with van der Waals surface area (Å²) in [4.78, 5) is 22.5. The van der Waals surface area contributed by atoms with Crippen molar-refractivity contribution in [3.05, 3.63) is 48.4 Å². The van der Waals surface area contributed by atoms with E-state index in [2.05, 4.69) is 32.4 Å². The van der Waals surface area contributed by atoms with Crippen LogP contribution in [0.3, 0.4) is 0 Å². The molecule has 0 radical (unpaired) electrons. The molecule has 24 heavy (non-hydrogen) atoms. The number of amides is 2. The zero-order valence-electron chi connectivity index (χ0n) is 13.6. The zero-order chi connectivity index (χ0) is 16.8. The first kappa shape index (κ1) is 16.2. The molecule has 7 heteroatoms. The van der Waals surface area contributed by atoms with Crippen molar-refractivity contribution in [3.8, 4) is 0 Å². The van der Waals surface area contributed by atoms with Crippen LogP contribution in [-0.4, -0.2) is 41.8 Å². The maximum Gasteiger partial charge on any atom is 0.319 e. The molecule has 2 aromatic heterocycles. The molecular weight excluding hydrogens is 306 g/mol. The third kappa shape index (κ3) is 4.42. The first-order valence-corrected chi connectivity index (χ1v) is 7.97. The molecule has 1 atom stereocenters. The number of pyridine rings is 2. The van der Waals surface area contributed by atoms with Gasteiger partial charge >= 0.3 is 6.03 Å². The Morgan fingerprint density at radius 3 is 3.00 bits per heavy atom. The molecule has 1 unspecified atom stereocenters. The lowest BCUT2D eigenvalue weighted by molar-refractivity contribution is 0.0529. The minimum Gasteiger partial charge on any atom is -0.375 e. The summed E-state index contributed by atoms with van der Waals surface area (Å²) >= 11 is 0. The van der Waals surface area contributed by atoms with Gasteiger partial charge in [-0.3, -0.25) is 4.98 Å². The van der Waals surface area contributed by atoms with E-state index in [0.29, 0.717) is 12.2 Å². The molecule has 1 aliphatic rings. The van der Waals surface area contributed by atoms with Crippen molar-refractivity contribution in [1.29, 1.82) is 0 Å². The van der Waals surface area contributed by atoms with Gasteiger partial charge in [-0.1, -0.05) is 6.07 Å². The van der Waals surface area contributed by atoms with E-state index in [9.17, 15) is 4.79 Å². The Hall–Kier alpha value is -2.67. The number of rotatable bonds is 4. The van der Waals surface area contributed by atoms with Crippen LogP contribution in [0.4, 0.5) is 16.3 Å². The molecule has 0 aromatic carbocycles. The fourth-order valence-corrected chi connectivity index (χ4v) is 2.53. The van der Waals surface area contributed by atoms with Gasteiger partial charge in [-0.25, -0.2) is 9.78 Å². The summed E-state index contributed by atoms with van der Waals surface area (Å²) in [6.07, 6.45) is 5.27. The van der Waals surface area contributed by atoms with Crippen molar-refractivity contribution in [1.82, 2.24) is 15.3 Å². The van der Waals surface area contributed by atoms with Crippen LogP contribution >= 0.6 is 0 Å². The Bertz CT molecular complexity index is 662. The molecule has 2 amide bonds. The average molecular weight is 327 g/mol. The maximum atomic E-state index is 11.8. The molecule has 2 N–H and O–H groups in total. The number of carbonyl (C=O) groups is 1. The summed E-state index contributed by atoms with van der Waals surface area (Å²) < 4.78 is 5.54. The summed E-state index contributed by atoms with van der Waals surface area (Å²) in [7, 11) is 0. The van der Waals surface area contributed by atoms with Crippen LogP contribution in [-0.2, 0) is 11.3 Å². The third-order valence-corrected chi connectivity index (χ3v) is 3.75. The topological polar surface area (TPSA) is 79.4 Å². The molecule has 7 nitrogen and oxygen atoms in total. The van der Waals surface area contributed by atoms with Crippen LogP contribution in [0.2, 0.25) is 0 Å². The molecule has 1 aliphatic heterocycles. The number of urea groups is 1. The number of morpholine rings is 1. The minimum atomic E-state index is -0.269. The number of hydrogen-bond acceptors (Lipinski definition) is 5. The van der Waals surface area contributed by atoms with Crippen LogP contribution < -0.4 is 15.5 Å². The standard InChI is InChI=1S/C17H21N5O2/c1-13-12-22(7-8-24-13)16-5-4-14(9-19-16)10-20-17(23)21-15-3-2-6-18-11-15/h2-6,9,11,13H,7-8,10,12H2,1H3,(H2,20,21,23). The van der Waals surface area contributed by atoms with E-state index < -0.39 is 0 Å². The summed E-state index contributed by atoms with van der Waals surface area (Å²) in [6.45, 7) is 4.89. The first-order chi connectivity index (χ1) is 11.7. The van der Waals surface area contributed by atoms with Crippen molar-refractivity contribution in [2.45, 2.75) is 19.6 Å². The molecule has 0 saturated carbocycles. The Kier molecular flexibility index (Phi) is 5.22. The average Bonchev–Trinajstić information content (AvgIpc) is 2.61. The molecule has 0 spiro atoms. The van der Waals surface area contributed by atoms with Crippen LogP contribution in [0.1, 0.15) is 12.5 Å². The molecule has 0 bridgehead atoms. The highest BCUT2D eigenvalue weighted by atomic mass is 16.5. The number of aromatic nitrogens is 2. The number of anilines is 2. The highest BCUT2D eigenvalue weighted by molar-refractivity contribution is 5.88. The number of hydrogen-bond donors (Lipinski definition) is 2. The lowest BCUT2D eigenvalue weighted by Crippen LogP contribution is -2.41. The molecule has 126 valence electrons. The second-order valence-electron chi connectivity index (χ2n) is 5.70. The van der Waals surface area contributed by atoms with E-state index in [1.807, 2.05) is 12.1 Å². The van der Waals surface area contributed by atoms with Crippen molar-refractivity contribution < 1.29 is 9.53 Å². The van der Waals surface area contributed by atoms with Crippen LogP contribution in [0.25, 0.3) is 0 Å². The van der Waals surface area contributed by atoms with Crippen molar-refractivity contribution in [2.75, 3.05) is 29.9 Å². The second-order valence-corrected chi connectivity index (χ2v) is 5.70. The Morgan fingerprint density at radius 2 is 2.29 bits per heavy atom. The molecule has 0 aliphatic carbocycles. The van der Waals surface area contributed by atoms with E-state index in [1.165, 1.54) is 0 Å². The maximum absolute atomic E-state index is 11.8. The number of nitrogens with zero attached hydrogens (tertiary/aromatic N) is 3. The largest absolute Gasteiger partial charge is 0.375 e. The lowest BCUT2D eigenvalue weighted by atomic mass is 10.2. The summed E-state index contributed by atoms with van der Waals surface area (Å²) in [5.74, 6) is 0.939. The minimum absolute atomic E-state index is 0.220. The van der Waals surface area contributed by atoms with E-state index in [1.54, 1.807) is 30.7 Å². The number of carbonyl (C=O) groups excluding carboxylic acids is 1. The Labute approximate surface area is 141 Å². The second kappa shape index (κ2) is 7.74. The van der Waals surface area contributed by atoms with E-state index in [0.717, 1.165) is 31.1 Å². The predicted molar refractivity (Wildman–Crippen MR) is 92.0 cm³/mol.